The maximum atomic E-state index is 13.8. The molecular weight excluding hydrogens is 720 g/mol. The highest BCUT2D eigenvalue weighted by atomic mass is 127. The van der Waals surface area contributed by atoms with E-state index in [0.717, 1.165) is 35.3 Å². The summed E-state index contributed by atoms with van der Waals surface area (Å²) in [5.74, 6) is 1.45. The van der Waals surface area contributed by atoms with E-state index in [0.29, 0.717) is 11.6 Å². The molecule has 0 aliphatic rings. The first-order valence-electron chi connectivity index (χ1n) is 12.1. The first-order chi connectivity index (χ1) is 18.7. The van der Waals surface area contributed by atoms with E-state index in [4.69, 9.17) is 9.47 Å². The quantitative estimate of drug-likeness (QED) is 0.188. The number of nitrogens with zero attached hydrogens (tertiary/aromatic N) is 1. The van der Waals surface area contributed by atoms with Crippen LogP contribution in [-0.2, 0) is 13.6 Å². The lowest BCUT2D eigenvalue weighted by molar-refractivity contribution is 0.0948. The van der Waals surface area contributed by atoms with Crippen molar-refractivity contribution in [3.05, 3.63) is 106 Å². The van der Waals surface area contributed by atoms with Gasteiger partial charge in [-0.05, 0) is 84.0 Å². The number of amides is 1. The zero-order valence-electron chi connectivity index (χ0n) is 22.1. The monoisotopic (exact) mass is 749 g/mol. The number of hydrogen-bond donors (Lipinski definition) is 2. The average Bonchev–Trinajstić information content (AvgIpc) is 2.92. The molecule has 0 atom stereocenters. The Bertz CT molecular complexity index is 1600. The first-order valence-corrected chi connectivity index (χ1v) is 15.7. The summed E-state index contributed by atoms with van der Waals surface area (Å²) in [7, 11) is 3.25. The van der Waals surface area contributed by atoms with Crippen molar-refractivity contribution in [3.63, 3.8) is 0 Å². The zero-order chi connectivity index (χ0) is 28.1. The van der Waals surface area contributed by atoms with Gasteiger partial charge >= 0.3 is 0 Å². The number of ether oxygens (including phenoxy) is 2. The molecule has 1 heterocycles. The van der Waals surface area contributed by atoms with Gasteiger partial charge in [0, 0.05) is 26.8 Å². The second-order valence-corrected chi connectivity index (χ2v) is 12.1. The van der Waals surface area contributed by atoms with Gasteiger partial charge in [0.1, 0.15) is 28.6 Å². The van der Waals surface area contributed by atoms with Gasteiger partial charge in [-0.15, -0.1) is 0 Å². The van der Waals surface area contributed by atoms with Crippen molar-refractivity contribution >= 4 is 65.2 Å². The van der Waals surface area contributed by atoms with Crippen LogP contribution in [0.5, 0.6) is 17.2 Å². The molecule has 4 rings (SSSR count). The summed E-state index contributed by atoms with van der Waals surface area (Å²) >= 11 is 1.75. The molecule has 0 unspecified atom stereocenters. The minimum absolute atomic E-state index is 0.177. The van der Waals surface area contributed by atoms with Crippen LogP contribution in [-0.4, -0.2) is 22.1 Å². The molecule has 4 aromatic rings. The van der Waals surface area contributed by atoms with E-state index in [1.807, 2.05) is 68.4 Å². The molecule has 202 valence electrons. The highest BCUT2D eigenvalue weighted by Crippen LogP contribution is 2.34. The summed E-state index contributed by atoms with van der Waals surface area (Å²) in [4.78, 5) is 26.9. The lowest BCUT2D eigenvalue weighted by Crippen LogP contribution is -2.29. The second-order valence-electron chi connectivity index (χ2n) is 8.91. The molecule has 0 spiro atoms. The van der Waals surface area contributed by atoms with E-state index in [1.165, 1.54) is 10.6 Å². The van der Waals surface area contributed by atoms with Gasteiger partial charge < -0.3 is 20.1 Å². The first kappa shape index (κ1) is 28.8. The Balaban J connectivity index is 1.80. The number of carbonyl (C=O) groups is 1. The number of nitrogens with one attached hydrogen (secondary N) is 2. The molecule has 0 saturated carbocycles. The fourth-order valence-corrected chi connectivity index (χ4v) is 6.37. The van der Waals surface area contributed by atoms with Crippen molar-refractivity contribution in [2.45, 2.75) is 20.4 Å². The Morgan fingerprint density at radius 3 is 2.44 bits per heavy atom. The molecule has 0 saturated heterocycles. The highest BCUT2D eigenvalue weighted by molar-refractivity contribution is 14.2. The maximum absolute atomic E-state index is 13.8. The largest absolute Gasteiger partial charge is 0.497 e. The molecule has 0 aliphatic heterocycles. The Labute approximate surface area is 251 Å². The number of carbonyl (C=O) groups excluding carboxylic acids is 1. The van der Waals surface area contributed by atoms with Crippen LogP contribution in [0.4, 0.5) is 11.5 Å². The third-order valence-corrected chi connectivity index (χ3v) is 8.51. The standard InChI is InChI=1S/C30H29I2N3O4/c1-18-6-13-25(19(2)14-18)39-26-16-27(36)35(4)29(34-24-12-9-21(31)15-23(24)32-3)28(26)30(37)33-17-20-7-10-22(38-5)11-8-20/h6-16,34H,3,17H2,1-2,4-5H3,(H,33,37). The third-order valence-electron chi connectivity index (χ3n) is 6.12. The molecule has 0 aliphatic carbocycles. The third kappa shape index (κ3) is 6.88. The molecule has 0 bridgehead atoms. The Morgan fingerprint density at radius 1 is 1.03 bits per heavy atom. The minimum Gasteiger partial charge on any atom is -0.497 e. The smallest absolute Gasteiger partial charge is 0.259 e. The molecule has 0 radical (unpaired) electrons. The van der Waals surface area contributed by atoms with Gasteiger partial charge in [-0.25, -0.2) is 0 Å². The van der Waals surface area contributed by atoms with E-state index in [2.05, 4.69) is 43.8 Å². The number of pyridine rings is 1. The molecule has 1 amide bonds. The summed E-state index contributed by atoms with van der Waals surface area (Å²) in [5.41, 5.74) is 3.63. The lowest BCUT2D eigenvalue weighted by Gasteiger charge is -2.20. The van der Waals surface area contributed by atoms with Gasteiger partial charge in [0.25, 0.3) is 11.5 Å². The Hall–Kier alpha value is -3.19. The molecule has 9 heteroatoms. The predicted molar refractivity (Wildman–Crippen MR) is 174 cm³/mol. The Morgan fingerprint density at radius 2 is 1.77 bits per heavy atom. The van der Waals surface area contributed by atoms with Crippen LogP contribution >= 0.6 is 43.3 Å². The normalized spacial score (nSPS) is 10.7. The Kier molecular flexibility index (Phi) is 9.44. The molecule has 1 aromatic heterocycles. The number of anilines is 2. The molecule has 3 aromatic carbocycles. The highest BCUT2D eigenvalue weighted by Gasteiger charge is 2.24. The van der Waals surface area contributed by atoms with Gasteiger partial charge in [0.2, 0.25) is 0 Å². The van der Waals surface area contributed by atoms with Crippen LogP contribution in [0, 0.1) is 21.0 Å². The molecule has 39 heavy (non-hydrogen) atoms. The second kappa shape index (κ2) is 12.8. The van der Waals surface area contributed by atoms with E-state index in [1.54, 1.807) is 14.2 Å². The SMILES string of the molecule is C=Ic1cc(I)ccc1Nc1c(C(=O)NCc2ccc(OC)cc2)c(Oc2ccc(C)cc2C)cc(=O)n1C. The van der Waals surface area contributed by atoms with Crippen LogP contribution in [0.3, 0.4) is 0 Å². The number of hydrogen-bond acceptors (Lipinski definition) is 5. The van der Waals surface area contributed by atoms with Gasteiger partial charge in [0.05, 0.1) is 12.8 Å². The number of aryl methyl sites for hydroxylation is 2. The van der Waals surface area contributed by atoms with Gasteiger partial charge in [0.15, 0.2) is 0 Å². The van der Waals surface area contributed by atoms with E-state index >= 15 is 0 Å². The van der Waals surface area contributed by atoms with Crippen LogP contribution in [0.2, 0.25) is 0 Å². The van der Waals surface area contributed by atoms with Gasteiger partial charge in [-0.1, -0.05) is 55.1 Å². The van der Waals surface area contributed by atoms with Crippen LogP contribution in [0.15, 0.2) is 71.5 Å². The fraction of sp³-hybridized carbons (Fsp3) is 0.167. The lowest BCUT2D eigenvalue weighted by atomic mass is 10.1. The van der Waals surface area contributed by atoms with Crippen LogP contribution in [0.1, 0.15) is 27.0 Å². The predicted octanol–water partition coefficient (Wildman–Crippen LogP) is 6.65. The molecular formula is C30H29I2N3O4. The van der Waals surface area contributed by atoms with Crippen molar-refractivity contribution in [1.29, 1.82) is 0 Å². The number of aromatic nitrogens is 1. The van der Waals surface area contributed by atoms with Crippen molar-refractivity contribution in [2.75, 3.05) is 12.4 Å². The van der Waals surface area contributed by atoms with Gasteiger partial charge in [-0.2, -0.15) is 0 Å². The number of methoxy groups -OCH3 is 1. The summed E-state index contributed by atoms with van der Waals surface area (Å²) in [6, 6.07) is 20.6. The van der Waals surface area contributed by atoms with Crippen molar-refractivity contribution in [3.8, 4) is 17.2 Å². The van der Waals surface area contributed by atoms with E-state index < -0.39 is 20.7 Å². The summed E-state index contributed by atoms with van der Waals surface area (Å²) < 4.78 is 19.2. The number of rotatable bonds is 9. The van der Waals surface area contributed by atoms with Gasteiger partial charge in [-0.3, -0.25) is 14.2 Å². The minimum atomic E-state index is -0.516. The van der Waals surface area contributed by atoms with Crippen molar-refractivity contribution in [2.24, 2.45) is 7.05 Å². The fourth-order valence-electron chi connectivity index (χ4n) is 4.00. The average molecular weight is 749 g/mol. The van der Waals surface area contributed by atoms with Crippen LogP contribution in [0.25, 0.3) is 0 Å². The van der Waals surface area contributed by atoms with Crippen molar-refractivity contribution < 1.29 is 14.3 Å². The molecule has 0 fully saturated rings. The van der Waals surface area contributed by atoms with Crippen LogP contribution < -0.4 is 25.7 Å². The summed E-state index contributed by atoms with van der Waals surface area (Å²) in [5, 5.41) is 6.35. The van der Waals surface area contributed by atoms with Crippen molar-refractivity contribution in [1.82, 2.24) is 9.88 Å². The maximum Gasteiger partial charge on any atom is 0.259 e. The van der Waals surface area contributed by atoms with E-state index in [9.17, 15) is 9.59 Å². The molecule has 7 nitrogen and oxygen atoms in total. The molecule has 2 N–H and O–H groups in total. The topological polar surface area (TPSA) is 81.6 Å². The summed E-state index contributed by atoms with van der Waals surface area (Å²) in [6.07, 6.45) is 0. The summed E-state index contributed by atoms with van der Waals surface area (Å²) in [6.45, 7) is 4.22. The number of benzene rings is 3. The number of halogens is 2. The van der Waals surface area contributed by atoms with E-state index in [-0.39, 0.29) is 29.3 Å². The zero-order valence-corrected chi connectivity index (χ0v) is 26.4.